The summed E-state index contributed by atoms with van der Waals surface area (Å²) in [5.41, 5.74) is 3.55. The predicted molar refractivity (Wildman–Crippen MR) is 105 cm³/mol. The summed E-state index contributed by atoms with van der Waals surface area (Å²) in [6.07, 6.45) is 1.58. The molecule has 6 heteroatoms. The summed E-state index contributed by atoms with van der Waals surface area (Å²) < 4.78 is 5.39. The second-order valence-corrected chi connectivity index (χ2v) is 6.32. The smallest absolute Gasteiger partial charge is 0.266 e. The lowest BCUT2D eigenvalue weighted by Gasteiger charge is -2.30. The van der Waals surface area contributed by atoms with Crippen LogP contribution in [0.4, 0.5) is 11.4 Å². The van der Waals surface area contributed by atoms with Gasteiger partial charge in [0, 0.05) is 24.5 Å². The van der Waals surface area contributed by atoms with Crippen molar-refractivity contribution in [2.75, 3.05) is 36.5 Å². The molecule has 1 heterocycles. The molecule has 1 aliphatic rings. The molecule has 0 radical (unpaired) electrons. The van der Waals surface area contributed by atoms with E-state index < -0.39 is 5.91 Å². The molecule has 0 bridgehead atoms. The van der Waals surface area contributed by atoms with Crippen LogP contribution in [0, 0.1) is 18.3 Å². The zero-order valence-corrected chi connectivity index (χ0v) is 15.1. The van der Waals surface area contributed by atoms with E-state index in [1.807, 2.05) is 31.2 Å². The van der Waals surface area contributed by atoms with Gasteiger partial charge in [0.15, 0.2) is 0 Å². The van der Waals surface area contributed by atoms with Crippen molar-refractivity contribution < 1.29 is 14.6 Å². The van der Waals surface area contributed by atoms with Crippen LogP contribution in [0.3, 0.4) is 0 Å². The number of aromatic hydroxyl groups is 1. The molecule has 27 heavy (non-hydrogen) atoms. The van der Waals surface area contributed by atoms with Crippen LogP contribution < -0.4 is 10.2 Å². The summed E-state index contributed by atoms with van der Waals surface area (Å²) in [5, 5.41) is 21.3. The van der Waals surface area contributed by atoms with Crippen molar-refractivity contribution in [1.82, 2.24) is 0 Å². The quantitative estimate of drug-likeness (QED) is 0.495. The van der Waals surface area contributed by atoms with Crippen molar-refractivity contribution in [2.24, 2.45) is 0 Å². The Morgan fingerprint density at radius 2 is 1.93 bits per heavy atom. The number of phenolic OH excluding ortho intramolecular Hbond substituents is 1. The minimum Gasteiger partial charge on any atom is -0.508 e. The van der Waals surface area contributed by atoms with Crippen LogP contribution in [0.5, 0.6) is 5.75 Å². The first-order valence-electron chi connectivity index (χ1n) is 8.72. The van der Waals surface area contributed by atoms with Crippen molar-refractivity contribution in [2.45, 2.75) is 6.92 Å². The first-order chi connectivity index (χ1) is 13.1. The van der Waals surface area contributed by atoms with Gasteiger partial charge in [0.05, 0.1) is 13.2 Å². The number of nitriles is 1. The molecule has 0 aliphatic carbocycles. The van der Waals surface area contributed by atoms with E-state index >= 15 is 0 Å². The highest BCUT2D eigenvalue weighted by atomic mass is 16.5. The number of phenols is 1. The minimum atomic E-state index is -0.488. The number of ether oxygens (including phenoxy) is 1. The van der Waals surface area contributed by atoms with Crippen LogP contribution in [-0.4, -0.2) is 37.3 Å². The molecule has 1 fully saturated rings. The summed E-state index contributed by atoms with van der Waals surface area (Å²) in [4.78, 5) is 14.6. The fraction of sp³-hybridized carbons (Fsp3) is 0.238. The van der Waals surface area contributed by atoms with Crippen LogP contribution in [0.2, 0.25) is 0 Å². The van der Waals surface area contributed by atoms with Gasteiger partial charge in [0.2, 0.25) is 0 Å². The molecule has 0 saturated carbocycles. The van der Waals surface area contributed by atoms with E-state index in [-0.39, 0.29) is 11.3 Å². The number of carbonyl (C=O) groups excluding carboxylic acids is 1. The number of morpholine rings is 1. The Kier molecular flexibility index (Phi) is 5.74. The SMILES string of the molecule is Cc1cc(/C=C(/C#N)C(=O)Nc2ccc(O)cc2)ccc1N1CCOCC1. The maximum atomic E-state index is 12.3. The van der Waals surface area contributed by atoms with Gasteiger partial charge in [-0.05, 0) is 60.5 Å². The summed E-state index contributed by atoms with van der Waals surface area (Å²) in [6, 6.07) is 13.9. The Morgan fingerprint density at radius 3 is 2.56 bits per heavy atom. The number of anilines is 2. The number of hydrogen-bond acceptors (Lipinski definition) is 5. The second kappa shape index (κ2) is 8.39. The molecular weight excluding hydrogens is 342 g/mol. The van der Waals surface area contributed by atoms with Crippen molar-refractivity contribution in [3.05, 3.63) is 59.2 Å². The van der Waals surface area contributed by atoms with Crippen LogP contribution in [-0.2, 0) is 9.53 Å². The lowest BCUT2D eigenvalue weighted by atomic mass is 10.1. The van der Waals surface area contributed by atoms with Gasteiger partial charge in [-0.3, -0.25) is 4.79 Å². The summed E-state index contributed by atoms with van der Waals surface area (Å²) in [5.74, 6) is -0.377. The van der Waals surface area contributed by atoms with Crippen molar-refractivity contribution >= 4 is 23.4 Å². The number of rotatable bonds is 4. The molecule has 0 aromatic heterocycles. The Labute approximate surface area is 158 Å². The molecule has 0 atom stereocenters. The van der Waals surface area contributed by atoms with E-state index in [1.54, 1.807) is 18.2 Å². The highest BCUT2D eigenvalue weighted by Gasteiger charge is 2.14. The Hall–Kier alpha value is -3.30. The molecular formula is C21H21N3O3. The summed E-state index contributed by atoms with van der Waals surface area (Å²) in [6.45, 7) is 5.17. The van der Waals surface area contributed by atoms with Crippen LogP contribution >= 0.6 is 0 Å². The third-order valence-corrected chi connectivity index (χ3v) is 4.37. The van der Waals surface area contributed by atoms with Crippen LogP contribution in [0.25, 0.3) is 6.08 Å². The molecule has 1 aliphatic heterocycles. The zero-order valence-electron chi connectivity index (χ0n) is 15.1. The molecule has 0 unspecified atom stereocenters. The van der Waals surface area contributed by atoms with Gasteiger partial charge in [0.25, 0.3) is 5.91 Å². The average Bonchev–Trinajstić information content (AvgIpc) is 2.68. The van der Waals surface area contributed by atoms with E-state index in [0.717, 1.165) is 43.1 Å². The van der Waals surface area contributed by atoms with Crippen molar-refractivity contribution in [3.8, 4) is 11.8 Å². The van der Waals surface area contributed by atoms with Crippen molar-refractivity contribution in [1.29, 1.82) is 5.26 Å². The second-order valence-electron chi connectivity index (χ2n) is 6.32. The minimum absolute atomic E-state index is 0.0154. The Balaban J connectivity index is 1.76. The largest absolute Gasteiger partial charge is 0.508 e. The molecule has 0 spiro atoms. The van der Waals surface area contributed by atoms with Gasteiger partial charge in [-0.1, -0.05) is 6.07 Å². The van der Waals surface area contributed by atoms with Crippen molar-refractivity contribution in [3.63, 3.8) is 0 Å². The molecule has 6 nitrogen and oxygen atoms in total. The number of nitrogens with zero attached hydrogens (tertiary/aromatic N) is 2. The van der Waals surface area contributed by atoms with E-state index in [4.69, 9.17) is 4.74 Å². The van der Waals surface area contributed by atoms with Gasteiger partial charge in [-0.15, -0.1) is 0 Å². The molecule has 138 valence electrons. The number of carbonyl (C=O) groups is 1. The van der Waals surface area contributed by atoms with Crippen LogP contribution in [0.1, 0.15) is 11.1 Å². The molecule has 1 saturated heterocycles. The third kappa shape index (κ3) is 4.66. The maximum Gasteiger partial charge on any atom is 0.266 e. The van der Waals surface area contributed by atoms with Gasteiger partial charge in [-0.2, -0.15) is 5.26 Å². The van der Waals surface area contributed by atoms with E-state index in [1.165, 1.54) is 12.1 Å². The third-order valence-electron chi connectivity index (χ3n) is 4.37. The molecule has 1 amide bonds. The number of hydrogen-bond donors (Lipinski definition) is 2. The fourth-order valence-electron chi connectivity index (χ4n) is 2.99. The van der Waals surface area contributed by atoms with Gasteiger partial charge >= 0.3 is 0 Å². The van der Waals surface area contributed by atoms with Gasteiger partial charge < -0.3 is 20.1 Å². The Morgan fingerprint density at radius 1 is 1.22 bits per heavy atom. The number of nitrogens with one attached hydrogen (secondary N) is 1. The average molecular weight is 363 g/mol. The zero-order chi connectivity index (χ0) is 19.2. The predicted octanol–water partition coefficient (Wildman–Crippen LogP) is 3.08. The Bertz CT molecular complexity index is 892. The first-order valence-corrected chi connectivity index (χ1v) is 8.72. The maximum absolute atomic E-state index is 12.3. The highest BCUT2D eigenvalue weighted by Crippen LogP contribution is 2.23. The van der Waals surface area contributed by atoms with E-state index in [9.17, 15) is 15.2 Å². The van der Waals surface area contributed by atoms with E-state index in [2.05, 4.69) is 10.2 Å². The highest BCUT2D eigenvalue weighted by molar-refractivity contribution is 6.09. The fourth-order valence-corrected chi connectivity index (χ4v) is 2.99. The molecule has 2 aromatic carbocycles. The summed E-state index contributed by atoms with van der Waals surface area (Å²) >= 11 is 0. The number of benzene rings is 2. The van der Waals surface area contributed by atoms with Gasteiger partial charge in [0.1, 0.15) is 17.4 Å². The molecule has 2 aromatic rings. The normalized spacial score (nSPS) is 14.5. The number of amides is 1. The van der Waals surface area contributed by atoms with Crippen LogP contribution in [0.15, 0.2) is 48.0 Å². The summed E-state index contributed by atoms with van der Waals surface area (Å²) in [7, 11) is 0. The van der Waals surface area contributed by atoms with Gasteiger partial charge in [-0.25, -0.2) is 0 Å². The molecule has 3 rings (SSSR count). The standard InChI is InChI=1S/C21H21N3O3/c1-15-12-16(2-7-20(15)24-8-10-27-11-9-24)13-17(14-22)21(26)23-18-3-5-19(25)6-4-18/h2-7,12-13,25H,8-11H2,1H3,(H,23,26)/b17-13-. The monoisotopic (exact) mass is 363 g/mol. The topological polar surface area (TPSA) is 85.6 Å². The first kappa shape index (κ1) is 18.5. The van der Waals surface area contributed by atoms with E-state index in [0.29, 0.717) is 5.69 Å². The number of aryl methyl sites for hydroxylation is 1. The lowest BCUT2D eigenvalue weighted by Crippen LogP contribution is -2.36. The lowest BCUT2D eigenvalue weighted by molar-refractivity contribution is -0.112. The molecule has 2 N–H and O–H groups in total.